The highest BCUT2D eigenvalue weighted by atomic mass is 35.5. The second-order valence-corrected chi connectivity index (χ2v) is 8.54. The molecular weight excluding hydrogens is 449 g/mol. The molecule has 2 heterocycles. The first-order valence-corrected chi connectivity index (χ1v) is 10.6. The van der Waals surface area contributed by atoms with E-state index in [1.807, 2.05) is 0 Å². The monoisotopic (exact) mass is 465 g/mol. The van der Waals surface area contributed by atoms with Crippen LogP contribution in [0.3, 0.4) is 0 Å². The molecule has 30 heavy (non-hydrogen) atoms. The number of likely N-dealkylation sites (tertiary alicyclic amines) is 1. The molecule has 2 atom stereocenters. The summed E-state index contributed by atoms with van der Waals surface area (Å²) in [5.74, 6) is -1.75. The lowest BCUT2D eigenvalue weighted by Gasteiger charge is -2.28. The topological polar surface area (TPSA) is 66.8 Å². The Morgan fingerprint density at radius 2 is 1.77 bits per heavy atom. The number of carbonyl (C=O) groups is 2. The highest BCUT2D eigenvalue weighted by Gasteiger charge is 2.47. The molecule has 1 N–H and O–H groups in total. The number of ketones is 1. The Hall–Kier alpha value is -2.05. The number of carbonyl (C=O) groups excluding carboxylic acids is 2. The Morgan fingerprint density at radius 1 is 1.07 bits per heavy atom. The predicted molar refractivity (Wildman–Crippen MR) is 116 cm³/mol. The van der Waals surface area contributed by atoms with Crippen LogP contribution in [0.25, 0.3) is 5.76 Å². The van der Waals surface area contributed by atoms with E-state index in [2.05, 4.69) is 0 Å². The van der Waals surface area contributed by atoms with E-state index < -0.39 is 17.7 Å². The summed E-state index contributed by atoms with van der Waals surface area (Å²) in [6, 6.07) is 10.4. The second-order valence-electron chi connectivity index (χ2n) is 7.26. The van der Waals surface area contributed by atoms with Crippen molar-refractivity contribution in [3.63, 3.8) is 0 Å². The van der Waals surface area contributed by atoms with E-state index in [9.17, 15) is 14.7 Å². The van der Waals surface area contributed by atoms with E-state index in [0.717, 1.165) is 12.8 Å². The number of aliphatic hydroxyl groups excluding tert-OH is 1. The number of amides is 1. The van der Waals surface area contributed by atoms with E-state index in [1.165, 1.54) is 4.90 Å². The largest absolute Gasteiger partial charge is 0.507 e. The van der Waals surface area contributed by atoms with Gasteiger partial charge in [-0.15, -0.1) is 0 Å². The summed E-state index contributed by atoms with van der Waals surface area (Å²) in [6.45, 7) is 0.845. The fourth-order valence-corrected chi connectivity index (χ4v) is 4.52. The first kappa shape index (κ1) is 21.2. The third kappa shape index (κ3) is 3.95. The van der Waals surface area contributed by atoms with Crippen LogP contribution >= 0.6 is 34.8 Å². The molecule has 156 valence electrons. The number of benzene rings is 2. The molecule has 2 aromatic carbocycles. The average Bonchev–Trinajstić information content (AvgIpc) is 3.31. The number of nitrogens with zero attached hydrogens (tertiary/aromatic N) is 1. The molecule has 2 aromatic rings. The molecule has 2 aliphatic heterocycles. The maximum atomic E-state index is 13.0. The Bertz CT molecular complexity index is 1030. The molecule has 1 amide bonds. The van der Waals surface area contributed by atoms with Crippen molar-refractivity contribution in [1.29, 1.82) is 0 Å². The average molecular weight is 467 g/mol. The Labute approximate surface area is 188 Å². The zero-order chi connectivity index (χ0) is 21.4. The predicted octanol–water partition coefficient (Wildman–Crippen LogP) is 5.25. The number of halogens is 3. The molecule has 0 aromatic heterocycles. The van der Waals surface area contributed by atoms with Crippen LogP contribution in [-0.4, -0.2) is 41.0 Å². The molecule has 0 radical (unpaired) electrons. The van der Waals surface area contributed by atoms with Gasteiger partial charge in [0.05, 0.1) is 17.7 Å². The maximum absolute atomic E-state index is 13.0. The van der Waals surface area contributed by atoms with Gasteiger partial charge in [0.15, 0.2) is 0 Å². The number of hydrogen-bond donors (Lipinski definition) is 1. The molecule has 2 saturated heterocycles. The smallest absolute Gasteiger partial charge is 0.295 e. The minimum absolute atomic E-state index is 0.0236. The standard InChI is InChI=1S/C22H18Cl3NO4/c23-13-5-3-12(4-6-13)20(27)18-19(16-8-7-14(24)10-17(16)25)26(22(29)21(18)28)11-15-2-1-9-30-15/h3-8,10,15,19,27H,1-2,9,11H2/b20-18-. The summed E-state index contributed by atoms with van der Waals surface area (Å²) in [4.78, 5) is 27.4. The van der Waals surface area contributed by atoms with Crippen LogP contribution in [0.15, 0.2) is 48.0 Å². The van der Waals surface area contributed by atoms with Crippen molar-refractivity contribution in [2.45, 2.75) is 25.0 Å². The molecule has 5 nitrogen and oxygen atoms in total. The van der Waals surface area contributed by atoms with Crippen molar-refractivity contribution in [3.05, 3.63) is 74.2 Å². The van der Waals surface area contributed by atoms with Crippen LogP contribution < -0.4 is 0 Å². The van der Waals surface area contributed by atoms with E-state index >= 15 is 0 Å². The molecular formula is C22H18Cl3NO4. The summed E-state index contributed by atoms with van der Waals surface area (Å²) in [5.41, 5.74) is 0.864. The van der Waals surface area contributed by atoms with Gasteiger partial charge >= 0.3 is 0 Å². The molecule has 0 aliphatic carbocycles. The second kappa shape index (κ2) is 8.60. The van der Waals surface area contributed by atoms with Gasteiger partial charge in [-0.2, -0.15) is 0 Å². The number of Topliss-reactive ketones (excluding diaryl/α,β-unsaturated/α-hetero) is 1. The van der Waals surface area contributed by atoms with Gasteiger partial charge in [0.1, 0.15) is 5.76 Å². The van der Waals surface area contributed by atoms with E-state index in [1.54, 1.807) is 42.5 Å². The zero-order valence-electron chi connectivity index (χ0n) is 15.8. The minimum atomic E-state index is -0.852. The maximum Gasteiger partial charge on any atom is 0.295 e. The van der Waals surface area contributed by atoms with E-state index in [-0.39, 0.29) is 24.0 Å². The van der Waals surface area contributed by atoms with Crippen molar-refractivity contribution in [2.75, 3.05) is 13.2 Å². The van der Waals surface area contributed by atoms with E-state index in [0.29, 0.717) is 32.8 Å². The van der Waals surface area contributed by atoms with Gasteiger partial charge in [-0.3, -0.25) is 9.59 Å². The zero-order valence-corrected chi connectivity index (χ0v) is 18.0. The molecule has 2 fully saturated rings. The quantitative estimate of drug-likeness (QED) is 0.380. The van der Waals surface area contributed by atoms with Crippen LogP contribution in [0.1, 0.15) is 30.0 Å². The van der Waals surface area contributed by atoms with E-state index in [4.69, 9.17) is 39.5 Å². The number of aliphatic hydroxyl groups is 1. The molecule has 4 rings (SSSR count). The number of rotatable bonds is 4. The Kier molecular flexibility index (Phi) is 6.07. The molecule has 0 spiro atoms. The summed E-state index contributed by atoms with van der Waals surface area (Å²) < 4.78 is 5.67. The van der Waals surface area contributed by atoms with Crippen molar-refractivity contribution in [3.8, 4) is 0 Å². The molecule has 2 unspecified atom stereocenters. The van der Waals surface area contributed by atoms with Crippen LogP contribution in [0.5, 0.6) is 0 Å². The summed E-state index contributed by atoms with van der Waals surface area (Å²) in [5, 5.41) is 12.2. The van der Waals surface area contributed by atoms with Gasteiger partial charge in [-0.1, -0.05) is 40.9 Å². The molecule has 0 bridgehead atoms. The minimum Gasteiger partial charge on any atom is -0.507 e. The highest BCUT2D eigenvalue weighted by Crippen LogP contribution is 2.43. The summed E-state index contributed by atoms with van der Waals surface area (Å²) in [6.07, 6.45) is 1.51. The van der Waals surface area contributed by atoms with Gasteiger partial charge in [0, 0.05) is 33.8 Å². The van der Waals surface area contributed by atoms with Crippen molar-refractivity contribution in [2.24, 2.45) is 0 Å². The number of hydrogen-bond acceptors (Lipinski definition) is 4. The van der Waals surface area contributed by atoms with Gasteiger partial charge < -0.3 is 14.7 Å². The van der Waals surface area contributed by atoms with Crippen molar-refractivity contribution < 1.29 is 19.4 Å². The first-order valence-electron chi connectivity index (χ1n) is 9.47. The first-order chi connectivity index (χ1) is 14.4. The number of ether oxygens (including phenoxy) is 1. The lowest BCUT2D eigenvalue weighted by Crippen LogP contribution is -2.36. The van der Waals surface area contributed by atoms with Crippen LogP contribution in [0.2, 0.25) is 15.1 Å². The molecule has 8 heteroatoms. The van der Waals surface area contributed by atoms with Gasteiger partial charge in [0.2, 0.25) is 0 Å². The fourth-order valence-electron chi connectivity index (χ4n) is 3.89. The lowest BCUT2D eigenvalue weighted by molar-refractivity contribution is -0.140. The van der Waals surface area contributed by atoms with Crippen LogP contribution in [-0.2, 0) is 14.3 Å². The van der Waals surface area contributed by atoms with Gasteiger partial charge in [-0.05, 0) is 54.8 Å². The van der Waals surface area contributed by atoms with Crippen LogP contribution in [0.4, 0.5) is 0 Å². The molecule has 0 saturated carbocycles. The Morgan fingerprint density at radius 3 is 2.40 bits per heavy atom. The SMILES string of the molecule is O=C1C(=O)N(CC2CCCO2)C(c2ccc(Cl)cc2Cl)/C1=C(/O)c1ccc(Cl)cc1. The fraction of sp³-hybridized carbons (Fsp3) is 0.273. The molecule has 2 aliphatic rings. The normalized spacial score (nSPS) is 23.4. The lowest BCUT2D eigenvalue weighted by atomic mass is 9.95. The third-order valence-corrected chi connectivity index (χ3v) is 6.15. The summed E-state index contributed by atoms with van der Waals surface area (Å²) in [7, 11) is 0. The Balaban J connectivity index is 1.85. The highest BCUT2D eigenvalue weighted by molar-refractivity contribution is 6.47. The third-order valence-electron chi connectivity index (χ3n) is 5.34. The van der Waals surface area contributed by atoms with Gasteiger partial charge in [0.25, 0.3) is 11.7 Å². The van der Waals surface area contributed by atoms with Crippen molar-refractivity contribution >= 4 is 52.3 Å². The van der Waals surface area contributed by atoms with Gasteiger partial charge in [-0.25, -0.2) is 0 Å². The summed E-state index contributed by atoms with van der Waals surface area (Å²) >= 11 is 18.4. The van der Waals surface area contributed by atoms with Crippen molar-refractivity contribution in [1.82, 2.24) is 4.90 Å². The van der Waals surface area contributed by atoms with Crippen LogP contribution in [0, 0.1) is 0 Å².